The number of aliphatic hydroxyl groups excluding tert-OH is 1. The summed E-state index contributed by atoms with van der Waals surface area (Å²) in [6, 6.07) is 5.30. The Morgan fingerprint density at radius 2 is 1.85 bits per heavy atom. The van der Waals surface area contributed by atoms with Crippen molar-refractivity contribution in [2.75, 3.05) is 31.6 Å². The van der Waals surface area contributed by atoms with Crippen LogP contribution in [0.2, 0.25) is 5.02 Å². The van der Waals surface area contributed by atoms with Crippen molar-refractivity contribution in [1.82, 2.24) is 9.80 Å². The molecule has 2 bridgehead atoms. The van der Waals surface area contributed by atoms with E-state index in [0.29, 0.717) is 36.5 Å². The van der Waals surface area contributed by atoms with Gasteiger partial charge in [0, 0.05) is 30.8 Å². The van der Waals surface area contributed by atoms with Crippen molar-refractivity contribution < 1.29 is 24.2 Å². The van der Waals surface area contributed by atoms with E-state index in [1.54, 1.807) is 58.2 Å². The van der Waals surface area contributed by atoms with Crippen molar-refractivity contribution in [3.8, 4) is 0 Å². The summed E-state index contributed by atoms with van der Waals surface area (Å²) in [5, 5.41) is 11.1. The van der Waals surface area contributed by atoms with E-state index in [2.05, 4.69) is 13.2 Å². The van der Waals surface area contributed by atoms with Crippen LogP contribution in [0.4, 0.5) is 5.69 Å². The van der Waals surface area contributed by atoms with E-state index < -0.39 is 35.1 Å². The zero-order valence-electron chi connectivity index (χ0n) is 23.3. The van der Waals surface area contributed by atoms with Gasteiger partial charge in [-0.05, 0) is 49.9 Å². The van der Waals surface area contributed by atoms with Crippen LogP contribution in [-0.4, -0.2) is 82.7 Å². The van der Waals surface area contributed by atoms with Gasteiger partial charge in [0.1, 0.15) is 11.6 Å². The van der Waals surface area contributed by atoms with E-state index in [-0.39, 0.29) is 36.8 Å². The van der Waals surface area contributed by atoms with Gasteiger partial charge in [-0.15, -0.1) is 13.2 Å². The van der Waals surface area contributed by atoms with Gasteiger partial charge in [0.05, 0.1) is 30.1 Å². The Hall–Kier alpha value is -2.68. The average molecular weight is 558 g/mol. The largest absolute Gasteiger partial charge is 0.394 e. The first-order valence-corrected chi connectivity index (χ1v) is 14.1. The number of anilines is 1. The van der Waals surface area contributed by atoms with Crippen LogP contribution < -0.4 is 4.90 Å². The van der Waals surface area contributed by atoms with Gasteiger partial charge in [0.25, 0.3) is 5.91 Å². The molecular formula is C30H40ClN3O5. The molecule has 7 atom stereocenters. The third-order valence-electron chi connectivity index (χ3n) is 9.05. The first-order valence-electron chi connectivity index (χ1n) is 13.7. The molecule has 39 heavy (non-hydrogen) atoms. The number of carbonyl (C=O) groups excluding carboxylic acids is 3. The zero-order chi connectivity index (χ0) is 28.7. The van der Waals surface area contributed by atoms with Crippen LogP contribution in [-0.2, 0) is 19.1 Å². The molecule has 1 aromatic carbocycles. The topological polar surface area (TPSA) is 90.4 Å². The smallest absolute Gasteiger partial charge is 0.253 e. The lowest BCUT2D eigenvalue weighted by Crippen LogP contribution is -2.60. The molecule has 1 spiro atoms. The van der Waals surface area contributed by atoms with Crippen LogP contribution in [0.3, 0.4) is 0 Å². The number of hydrogen-bond donors (Lipinski definition) is 1. The monoisotopic (exact) mass is 557 g/mol. The SMILES string of the molecule is C=CCN(C)C(=O)[C@H]1[C@H]2C(=O)N([C@@H](CO)[C@@H](C)CC)C(C(=O)N(CC=C)c3ccc(Cl)cc3)C23CC[C@]1(C)O3. The summed E-state index contributed by atoms with van der Waals surface area (Å²) in [4.78, 5) is 47.5. The van der Waals surface area contributed by atoms with Crippen molar-refractivity contribution >= 4 is 35.0 Å². The van der Waals surface area contributed by atoms with Gasteiger partial charge in [-0.1, -0.05) is 44.0 Å². The second-order valence-corrected chi connectivity index (χ2v) is 11.8. The van der Waals surface area contributed by atoms with Crippen LogP contribution in [0.15, 0.2) is 49.6 Å². The first-order chi connectivity index (χ1) is 18.5. The number of carbonyl (C=O) groups is 3. The number of rotatable bonds is 11. The number of likely N-dealkylation sites (N-methyl/N-ethyl adjacent to an activating group) is 1. The average Bonchev–Trinajstić information content (AvgIpc) is 3.48. The van der Waals surface area contributed by atoms with Gasteiger partial charge >= 0.3 is 0 Å². The number of ether oxygens (including phenoxy) is 1. The summed E-state index contributed by atoms with van der Waals surface area (Å²) in [6.45, 7) is 13.6. The highest BCUT2D eigenvalue weighted by Gasteiger charge is 2.79. The van der Waals surface area contributed by atoms with Crippen molar-refractivity contribution in [2.24, 2.45) is 17.8 Å². The normalized spacial score (nSPS) is 30.6. The van der Waals surface area contributed by atoms with Gasteiger partial charge in [-0.25, -0.2) is 0 Å². The predicted octanol–water partition coefficient (Wildman–Crippen LogP) is 3.68. The van der Waals surface area contributed by atoms with Crippen LogP contribution in [0.5, 0.6) is 0 Å². The quantitative estimate of drug-likeness (QED) is 0.419. The third-order valence-corrected chi connectivity index (χ3v) is 9.31. The molecule has 3 saturated heterocycles. The second-order valence-electron chi connectivity index (χ2n) is 11.3. The first kappa shape index (κ1) is 29.3. The van der Waals surface area contributed by atoms with Crippen LogP contribution in [0, 0.1) is 17.8 Å². The van der Waals surface area contributed by atoms with Crippen LogP contribution in [0.1, 0.15) is 40.0 Å². The van der Waals surface area contributed by atoms with Gasteiger partial charge in [0.15, 0.2) is 0 Å². The van der Waals surface area contributed by atoms with Crippen LogP contribution in [0.25, 0.3) is 0 Å². The number of amides is 3. The predicted molar refractivity (Wildman–Crippen MR) is 151 cm³/mol. The molecule has 3 heterocycles. The minimum absolute atomic E-state index is 0.0850. The number of nitrogens with zero attached hydrogens (tertiary/aromatic N) is 3. The number of benzene rings is 1. The second kappa shape index (κ2) is 11.1. The number of aliphatic hydroxyl groups is 1. The van der Waals surface area contributed by atoms with Crippen molar-refractivity contribution in [3.63, 3.8) is 0 Å². The molecule has 3 aliphatic rings. The lowest BCUT2D eigenvalue weighted by atomic mass is 9.66. The molecule has 3 amide bonds. The van der Waals surface area contributed by atoms with E-state index in [4.69, 9.17) is 16.3 Å². The summed E-state index contributed by atoms with van der Waals surface area (Å²) in [6.07, 6.45) is 4.98. The van der Waals surface area contributed by atoms with Crippen molar-refractivity contribution in [2.45, 2.75) is 63.3 Å². The summed E-state index contributed by atoms with van der Waals surface area (Å²) in [7, 11) is 1.69. The Bertz CT molecular complexity index is 1140. The Kier molecular flexibility index (Phi) is 8.31. The summed E-state index contributed by atoms with van der Waals surface area (Å²) < 4.78 is 6.75. The maximum absolute atomic E-state index is 14.6. The van der Waals surface area contributed by atoms with E-state index in [1.165, 1.54) is 0 Å². The fourth-order valence-corrected chi connectivity index (χ4v) is 7.06. The maximum Gasteiger partial charge on any atom is 0.253 e. The minimum Gasteiger partial charge on any atom is -0.394 e. The number of fused-ring (bicyclic) bond motifs is 1. The standard InChI is InChI=1S/C30H40ClN3O5/c1-7-16-32(6)26(36)23-24-27(37)34(22(18-35)19(4)9-3)25(30(24)15-14-29(23,5)39-30)28(38)33(17-8-2)21-12-10-20(31)11-13-21/h7-8,10-13,19,22-25,35H,1-2,9,14-18H2,3-6H3/t19-,22-,23+,24-,25?,29-,30?/m0/s1. The molecule has 3 fully saturated rings. The molecule has 3 aliphatic heterocycles. The molecule has 0 saturated carbocycles. The number of hydrogen-bond acceptors (Lipinski definition) is 5. The van der Waals surface area contributed by atoms with Gasteiger partial charge < -0.3 is 24.5 Å². The van der Waals surface area contributed by atoms with E-state index >= 15 is 0 Å². The number of likely N-dealkylation sites (tertiary alicyclic amines) is 1. The lowest BCUT2D eigenvalue weighted by Gasteiger charge is -2.41. The third kappa shape index (κ3) is 4.60. The summed E-state index contributed by atoms with van der Waals surface area (Å²) in [5.74, 6) is -2.50. The van der Waals surface area contributed by atoms with E-state index in [9.17, 15) is 19.5 Å². The fourth-order valence-electron chi connectivity index (χ4n) is 6.93. The Morgan fingerprint density at radius 3 is 2.41 bits per heavy atom. The van der Waals surface area contributed by atoms with Gasteiger partial charge in [-0.3, -0.25) is 14.4 Å². The van der Waals surface area contributed by atoms with E-state index in [1.807, 2.05) is 20.8 Å². The molecule has 0 aromatic heterocycles. The molecule has 212 valence electrons. The lowest BCUT2D eigenvalue weighted by molar-refractivity contribution is -0.152. The molecule has 8 nitrogen and oxygen atoms in total. The number of halogens is 1. The van der Waals surface area contributed by atoms with Gasteiger partial charge in [0.2, 0.25) is 11.8 Å². The molecule has 0 radical (unpaired) electrons. The fraction of sp³-hybridized carbons (Fsp3) is 0.567. The molecule has 4 rings (SSSR count). The molecule has 0 aliphatic carbocycles. The molecule has 1 N–H and O–H groups in total. The highest BCUT2D eigenvalue weighted by atomic mass is 35.5. The minimum atomic E-state index is -1.19. The Labute approximate surface area is 236 Å². The molecular weight excluding hydrogens is 518 g/mol. The molecule has 9 heteroatoms. The van der Waals surface area contributed by atoms with Crippen molar-refractivity contribution in [1.29, 1.82) is 0 Å². The summed E-state index contributed by atoms with van der Waals surface area (Å²) >= 11 is 6.12. The molecule has 2 unspecified atom stereocenters. The van der Waals surface area contributed by atoms with Gasteiger partial charge in [-0.2, -0.15) is 0 Å². The Morgan fingerprint density at radius 1 is 1.21 bits per heavy atom. The highest BCUT2D eigenvalue weighted by molar-refractivity contribution is 6.30. The highest BCUT2D eigenvalue weighted by Crippen LogP contribution is 2.64. The van der Waals surface area contributed by atoms with E-state index in [0.717, 1.165) is 0 Å². The Balaban J connectivity index is 1.87. The van der Waals surface area contributed by atoms with Crippen LogP contribution >= 0.6 is 11.6 Å². The summed E-state index contributed by atoms with van der Waals surface area (Å²) in [5.41, 5.74) is -1.46. The maximum atomic E-state index is 14.6. The molecule has 1 aromatic rings. The van der Waals surface area contributed by atoms with Crippen molar-refractivity contribution in [3.05, 3.63) is 54.6 Å². The zero-order valence-corrected chi connectivity index (χ0v) is 24.1.